The van der Waals surface area contributed by atoms with Gasteiger partial charge in [-0.15, -0.1) is 0 Å². The minimum absolute atomic E-state index is 0.223. The summed E-state index contributed by atoms with van der Waals surface area (Å²) in [5, 5.41) is 0. The Kier molecular flexibility index (Phi) is 3.69. The normalized spacial score (nSPS) is 20.0. The van der Waals surface area contributed by atoms with E-state index in [1.54, 1.807) is 0 Å². The Bertz CT molecular complexity index is 354. The van der Waals surface area contributed by atoms with Gasteiger partial charge in [0.1, 0.15) is 5.82 Å². The Morgan fingerprint density at radius 2 is 2.50 bits per heavy atom. The second kappa shape index (κ2) is 5.23. The van der Waals surface area contributed by atoms with Gasteiger partial charge < -0.3 is 15.2 Å². The molecule has 5 heteroatoms. The average molecular weight is 226 g/mol. The second-order valence-corrected chi connectivity index (χ2v) is 3.86. The number of nitrogens with zero attached hydrogens (tertiary/aromatic N) is 1. The smallest absolute Gasteiger partial charge is 0.218 e. The van der Waals surface area contributed by atoms with Gasteiger partial charge in [-0.25, -0.2) is 9.37 Å². The van der Waals surface area contributed by atoms with Crippen molar-refractivity contribution < 1.29 is 13.9 Å². The van der Waals surface area contributed by atoms with Crippen LogP contribution in [0.1, 0.15) is 12.0 Å². The second-order valence-electron chi connectivity index (χ2n) is 3.86. The van der Waals surface area contributed by atoms with Crippen LogP contribution < -0.4 is 10.5 Å². The van der Waals surface area contributed by atoms with E-state index in [2.05, 4.69) is 4.98 Å². The van der Waals surface area contributed by atoms with Gasteiger partial charge in [0.25, 0.3) is 0 Å². The molecule has 1 aliphatic rings. The van der Waals surface area contributed by atoms with Crippen molar-refractivity contribution in [1.29, 1.82) is 0 Å². The number of nitrogens with two attached hydrogens (primary N) is 1. The number of ether oxygens (including phenoxy) is 2. The van der Waals surface area contributed by atoms with Crippen molar-refractivity contribution in [2.24, 2.45) is 11.7 Å². The molecule has 0 radical (unpaired) electrons. The lowest BCUT2D eigenvalue weighted by Gasteiger charge is -2.12. The van der Waals surface area contributed by atoms with Crippen LogP contribution in [-0.2, 0) is 11.3 Å². The Morgan fingerprint density at radius 3 is 3.19 bits per heavy atom. The van der Waals surface area contributed by atoms with E-state index in [4.69, 9.17) is 15.2 Å². The predicted molar refractivity (Wildman–Crippen MR) is 56.5 cm³/mol. The Balaban J connectivity index is 1.97. The van der Waals surface area contributed by atoms with Crippen LogP contribution in [0.5, 0.6) is 5.88 Å². The summed E-state index contributed by atoms with van der Waals surface area (Å²) in [6, 6.07) is 1.35. The van der Waals surface area contributed by atoms with Crippen molar-refractivity contribution in [2.75, 3.05) is 19.8 Å². The maximum absolute atomic E-state index is 12.9. The van der Waals surface area contributed by atoms with Gasteiger partial charge in [0.2, 0.25) is 5.88 Å². The third kappa shape index (κ3) is 2.68. The minimum Gasteiger partial charge on any atom is -0.477 e. The third-order valence-corrected chi connectivity index (χ3v) is 2.59. The lowest BCUT2D eigenvalue weighted by atomic mass is 10.1. The van der Waals surface area contributed by atoms with Crippen molar-refractivity contribution in [1.82, 2.24) is 4.98 Å². The molecule has 0 amide bonds. The summed E-state index contributed by atoms with van der Waals surface area (Å²) in [7, 11) is 0. The minimum atomic E-state index is -0.392. The molecule has 0 spiro atoms. The maximum atomic E-state index is 12.9. The molecule has 4 nitrogen and oxygen atoms in total. The molecule has 88 valence electrons. The number of rotatable bonds is 4. The fourth-order valence-corrected chi connectivity index (χ4v) is 1.66. The number of hydrogen-bond acceptors (Lipinski definition) is 4. The molecular weight excluding hydrogens is 211 g/mol. The first kappa shape index (κ1) is 11.3. The first-order valence-electron chi connectivity index (χ1n) is 5.34. The summed E-state index contributed by atoms with van der Waals surface area (Å²) >= 11 is 0. The summed E-state index contributed by atoms with van der Waals surface area (Å²) in [5.41, 5.74) is 6.09. The number of hydrogen-bond donors (Lipinski definition) is 1. The quantitative estimate of drug-likeness (QED) is 0.835. The highest BCUT2D eigenvalue weighted by Gasteiger charge is 2.17. The van der Waals surface area contributed by atoms with E-state index in [1.807, 2.05) is 0 Å². The summed E-state index contributed by atoms with van der Waals surface area (Å²) in [4.78, 5) is 3.89. The number of pyridine rings is 1. The molecule has 2 N–H and O–H groups in total. The largest absolute Gasteiger partial charge is 0.477 e. The van der Waals surface area contributed by atoms with E-state index in [1.165, 1.54) is 6.07 Å². The molecule has 0 aliphatic carbocycles. The molecule has 2 heterocycles. The third-order valence-electron chi connectivity index (χ3n) is 2.59. The van der Waals surface area contributed by atoms with Gasteiger partial charge in [0.15, 0.2) is 0 Å². The first-order chi connectivity index (χ1) is 7.79. The zero-order chi connectivity index (χ0) is 11.4. The van der Waals surface area contributed by atoms with Crippen LogP contribution in [0.3, 0.4) is 0 Å². The van der Waals surface area contributed by atoms with E-state index in [-0.39, 0.29) is 6.54 Å². The molecule has 1 unspecified atom stereocenters. The molecule has 1 aromatic rings. The van der Waals surface area contributed by atoms with Crippen molar-refractivity contribution in [2.45, 2.75) is 13.0 Å². The van der Waals surface area contributed by atoms with E-state index < -0.39 is 5.82 Å². The van der Waals surface area contributed by atoms with Gasteiger partial charge in [-0.2, -0.15) is 0 Å². The summed E-state index contributed by atoms with van der Waals surface area (Å²) in [6.45, 7) is 2.28. The van der Waals surface area contributed by atoms with Crippen LogP contribution in [0.25, 0.3) is 0 Å². The van der Waals surface area contributed by atoms with Gasteiger partial charge in [0.05, 0.1) is 19.4 Å². The molecule has 1 aromatic heterocycles. The SMILES string of the molecule is NCc1cc(F)cnc1OCC1CCOC1. The Morgan fingerprint density at radius 1 is 1.62 bits per heavy atom. The summed E-state index contributed by atoms with van der Waals surface area (Å²) < 4.78 is 23.6. The zero-order valence-electron chi connectivity index (χ0n) is 8.99. The maximum Gasteiger partial charge on any atom is 0.218 e. The van der Waals surface area contributed by atoms with Crippen molar-refractivity contribution in [3.8, 4) is 5.88 Å². The summed E-state index contributed by atoms with van der Waals surface area (Å²) in [6.07, 6.45) is 2.14. The van der Waals surface area contributed by atoms with Gasteiger partial charge in [-0.1, -0.05) is 0 Å². The lowest BCUT2D eigenvalue weighted by molar-refractivity contribution is 0.165. The van der Waals surface area contributed by atoms with Crippen LogP contribution in [0.2, 0.25) is 0 Å². The van der Waals surface area contributed by atoms with Gasteiger partial charge in [0, 0.05) is 24.6 Å². The molecular formula is C11H15FN2O2. The highest BCUT2D eigenvalue weighted by molar-refractivity contribution is 5.25. The Labute approximate surface area is 93.6 Å². The molecule has 1 saturated heterocycles. The molecule has 0 bridgehead atoms. The fourth-order valence-electron chi connectivity index (χ4n) is 1.66. The van der Waals surface area contributed by atoms with Crippen LogP contribution in [-0.4, -0.2) is 24.8 Å². The van der Waals surface area contributed by atoms with Crippen molar-refractivity contribution in [3.05, 3.63) is 23.6 Å². The number of halogens is 1. The molecule has 1 aliphatic heterocycles. The monoisotopic (exact) mass is 226 g/mol. The van der Waals surface area contributed by atoms with E-state index in [0.717, 1.165) is 25.8 Å². The predicted octanol–water partition coefficient (Wildman–Crippen LogP) is 1.09. The van der Waals surface area contributed by atoms with Crippen LogP contribution in [0.15, 0.2) is 12.3 Å². The van der Waals surface area contributed by atoms with Gasteiger partial charge in [-0.3, -0.25) is 0 Å². The fraction of sp³-hybridized carbons (Fsp3) is 0.545. The Hall–Kier alpha value is -1.20. The molecule has 2 rings (SSSR count). The molecule has 0 aromatic carbocycles. The van der Waals surface area contributed by atoms with Crippen LogP contribution >= 0.6 is 0 Å². The van der Waals surface area contributed by atoms with E-state index in [9.17, 15) is 4.39 Å². The standard InChI is InChI=1S/C11H15FN2O2/c12-10-3-9(4-13)11(14-5-10)16-7-8-1-2-15-6-8/h3,5,8H,1-2,4,6-7,13H2. The number of aromatic nitrogens is 1. The van der Waals surface area contributed by atoms with Gasteiger partial charge in [-0.05, 0) is 12.5 Å². The van der Waals surface area contributed by atoms with E-state index >= 15 is 0 Å². The van der Waals surface area contributed by atoms with Crippen LogP contribution in [0, 0.1) is 11.7 Å². The van der Waals surface area contributed by atoms with Crippen LogP contribution in [0.4, 0.5) is 4.39 Å². The van der Waals surface area contributed by atoms with Crippen molar-refractivity contribution in [3.63, 3.8) is 0 Å². The van der Waals surface area contributed by atoms with E-state index in [0.29, 0.717) is 24.0 Å². The van der Waals surface area contributed by atoms with Crippen molar-refractivity contribution >= 4 is 0 Å². The first-order valence-corrected chi connectivity index (χ1v) is 5.34. The highest BCUT2D eigenvalue weighted by atomic mass is 19.1. The molecule has 16 heavy (non-hydrogen) atoms. The highest BCUT2D eigenvalue weighted by Crippen LogP contribution is 2.18. The van der Waals surface area contributed by atoms with Gasteiger partial charge >= 0.3 is 0 Å². The summed E-state index contributed by atoms with van der Waals surface area (Å²) in [5.74, 6) is 0.435. The molecule has 1 fully saturated rings. The zero-order valence-corrected chi connectivity index (χ0v) is 8.99. The lowest BCUT2D eigenvalue weighted by Crippen LogP contribution is -2.14. The molecule has 0 saturated carbocycles. The topological polar surface area (TPSA) is 57.4 Å². The average Bonchev–Trinajstić information content (AvgIpc) is 2.80. The molecule has 1 atom stereocenters.